The number of para-hydroxylation sites is 1. The summed E-state index contributed by atoms with van der Waals surface area (Å²) >= 11 is 0. The number of carbonyl (C=O) groups is 1. The largest absolute Gasteiger partial charge is 0.460 e. The van der Waals surface area contributed by atoms with E-state index in [0.717, 1.165) is 50.0 Å². The van der Waals surface area contributed by atoms with Crippen molar-refractivity contribution in [2.24, 2.45) is 5.92 Å². The van der Waals surface area contributed by atoms with Crippen LogP contribution in [0.5, 0.6) is 5.88 Å². The van der Waals surface area contributed by atoms with Crippen LogP contribution in [0.1, 0.15) is 26.7 Å². The van der Waals surface area contributed by atoms with Crippen LogP contribution in [0.25, 0.3) is 10.9 Å². The summed E-state index contributed by atoms with van der Waals surface area (Å²) in [5, 5.41) is 8.60. The third-order valence-electron chi connectivity index (χ3n) is 5.14. The van der Waals surface area contributed by atoms with Crippen LogP contribution < -0.4 is 10.1 Å². The van der Waals surface area contributed by atoms with Gasteiger partial charge in [0.2, 0.25) is 5.88 Å². The van der Waals surface area contributed by atoms with Gasteiger partial charge in [0.1, 0.15) is 0 Å². The summed E-state index contributed by atoms with van der Waals surface area (Å²) in [5.74, 6) is 0.917. The lowest BCUT2D eigenvalue weighted by Crippen LogP contribution is -2.48. The maximum Gasteiger partial charge on any atom is 0.263 e. The van der Waals surface area contributed by atoms with Gasteiger partial charge >= 0.3 is 0 Å². The van der Waals surface area contributed by atoms with E-state index in [0.29, 0.717) is 18.3 Å². The molecule has 1 N–H and O–H groups in total. The highest BCUT2D eigenvalue weighted by Crippen LogP contribution is 2.29. The number of hydrogen-bond acceptors (Lipinski definition) is 5. The van der Waals surface area contributed by atoms with Crippen molar-refractivity contribution in [2.45, 2.75) is 38.8 Å². The van der Waals surface area contributed by atoms with E-state index in [1.165, 1.54) is 0 Å². The number of nitrogens with one attached hydrogen (secondary N) is 1. The van der Waals surface area contributed by atoms with Crippen molar-refractivity contribution in [3.05, 3.63) is 24.3 Å². The SMILES string of the molecule is CN(C)CCNC(=O)C(C)(C)Oc1nn(CC2CCOCC2)c2ccccc12. The average Bonchev–Trinajstić information content (AvgIpc) is 2.99. The normalized spacial score (nSPS) is 15.9. The van der Waals surface area contributed by atoms with Crippen LogP contribution in [0.3, 0.4) is 0 Å². The van der Waals surface area contributed by atoms with Crippen molar-refractivity contribution in [3.8, 4) is 5.88 Å². The molecule has 0 radical (unpaired) electrons. The summed E-state index contributed by atoms with van der Waals surface area (Å²) in [6.07, 6.45) is 2.09. The summed E-state index contributed by atoms with van der Waals surface area (Å²) in [7, 11) is 3.95. The first kappa shape index (κ1) is 20.6. The molecule has 28 heavy (non-hydrogen) atoms. The number of hydrogen-bond donors (Lipinski definition) is 1. The van der Waals surface area contributed by atoms with Crippen LogP contribution >= 0.6 is 0 Å². The molecule has 2 aromatic rings. The predicted molar refractivity (Wildman–Crippen MR) is 110 cm³/mol. The molecule has 7 heteroatoms. The Balaban J connectivity index is 1.75. The topological polar surface area (TPSA) is 68.6 Å². The molecule has 3 rings (SSSR count). The van der Waals surface area contributed by atoms with Crippen LogP contribution in [0.15, 0.2) is 24.3 Å². The Morgan fingerprint density at radius 1 is 1.32 bits per heavy atom. The van der Waals surface area contributed by atoms with E-state index in [2.05, 4.69) is 11.4 Å². The second-order valence-corrected chi connectivity index (χ2v) is 8.23. The first-order chi connectivity index (χ1) is 13.4. The van der Waals surface area contributed by atoms with Gasteiger partial charge in [-0.05, 0) is 58.8 Å². The van der Waals surface area contributed by atoms with Gasteiger partial charge in [-0.15, -0.1) is 5.10 Å². The Hall–Kier alpha value is -2.12. The summed E-state index contributed by atoms with van der Waals surface area (Å²) in [4.78, 5) is 14.6. The van der Waals surface area contributed by atoms with Gasteiger partial charge in [-0.1, -0.05) is 12.1 Å². The molecule has 2 heterocycles. The number of fused-ring (bicyclic) bond motifs is 1. The van der Waals surface area contributed by atoms with E-state index in [9.17, 15) is 4.79 Å². The number of nitrogens with zero attached hydrogens (tertiary/aromatic N) is 3. The minimum absolute atomic E-state index is 0.141. The lowest BCUT2D eigenvalue weighted by atomic mass is 10.0. The molecule has 1 fully saturated rings. The Labute approximate surface area is 167 Å². The molecule has 1 aliphatic rings. The van der Waals surface area contributed by atoms with E-state index in [4.69, 9.17) is 14.6 Å². The Morgan fingerprint density at radius 3 is 2.75 bits per heavy atom. The molecule has 0 unspecified atom stereocenters. The molecular weight excluding hydrogens is 356 g/mol. The van der Waals surface area contributed by atoms with Gasteiger partial charge in [0.25, 0.3) is 5.91 Å². The number of ether oxygens (including phenoxy) is 2. The third-order valence-corrected chi connectivity index (χ3v) is 5.14. The van der Waals surface area contributed by atoms with Crippen LogP contribution in [0.4, 0.5) is 0 Å². The van der Waals surface area contributed by atoms with Crippen molar-refractivity contribution in [1.82, 2.24) is 20.0 Å². The second-order valence-electron chi connectivity index (χ2n) is 8.23. The van der Waals surface area contributed by atoms with Crippen molar-refractivity contribution in [1.29, 1.82) is 0 Å². The molecule has 0 atom stereocenters. The van der Waals surface area contributed by atoms with Gasteiger partial charge in [0.05, 0.1) is 10.9 Å². The maximum atomic E-state index is 12.6. The molecule has 0 spiro atoms. The molecule has 7 nitrogen and oxygen atoms in total. The summed E-state index contributed by atoms with van der Waals surface area (Å²) in [5.41, 5.74) is 0.0280. The molecule has 1 aliphatic heterocycles. The fraction of sp³-hybridized carbons (Fsp3) is 0.619. The highest BCUT2D eigenvalue weighted by molar-refractivity contribution is 5.87. The Bertz CT molecular complexity index is 794. The third kappa shape index (κ3) is 5.02. The average molecular weight is 389 g/mol. The standard InChI is InChI=1S/C21H32N4O3/c1-21(2,20(26)22-11-12-24(3)4)28-19-17-7-5-6-8-18(17)25(23-19)15-16-9-13-27-14-10-16/h5-8,16H,9-15H2,1-4H3,(H,22,26). The molecule has 1 saturated heterocycles. The van der Waals surface area contributed by atoms with Gasteiger partial charge in [-0.2, -0.15) is 0 Å². The van der Waals surface area contributed by atoms with E-state index in [1.54, 1.807) is 13.8 Å². The molecular formula is C21H32N4O3. The zero-order valence-corrected chi connectivity index (χ0v) is 17.4. The number of carbonyl (C=O) groups excluding carboxylic acids is 1. The Kier molecular flexibility index (Phi) is 6.57. The van der Waals surface area contributed by atoms with Crippen molar-refractivity contribution < 1.29 is 14.3 Å². The van der Waals surface area contributed by atoms with Gasteiger partial charge in [0, 0.05) is 32.8 Å². The molecule has 1 amide bonds. The summed E-state index contributed by atoms with van der Waals surface area (Å²) < 4.78 is 13.6. The number of benzene rings is 1. The van der Waals surface area contributed by atoms with Gasteiger partial charge in [-0.3, -0.25) is 9.48 Å². The number of likely N-dealkylation sites (N-methyl/N-ethyl adjacent to an activating group) is 1. The van der Waals surface area contributed by atoms with Crippen LogP contribution in [0, 0.1) is 5.92 Å². The van der Waals surface area contributed by atoms with E-state index in [1.807, 2.05) is 41.9 Å². The zero-order chi connectivity index (χ0) is 20.1. The fourth-order valence-electron chi connectivity index (χ4n) is 3.38. The molecule has 0 saturated carbocycles. The first-order valence-electron chi connectivity index (χ1n) is 10.0. The van der Waals surface area contributed by atoms with E-state index in [-0.39, 0.29) is 5.91 Å². The fourth-order valence-corrected chi connectivity index (χ4v) is 3.38. The Morgan fingerprint density at radius 2 is 2.04 bits per heavy atom. The van der Waals surface area contributed by atoms with Gasteiger partial charge in [-0.25, -0.2) is 0 Å². The van der Waals surface area contributed by atoms with Crippen LogP contribution in [-0.2, 0) is 16.1 Å². The van der Waals surface area contributed by atoms with Crippen LogP contribution in [-0.4, -0.2) is 66.6 Å². The van der Waals surface area contributed by atoms with Crippen molar-refractivity contribution in [2.75, 3.05) is 40.4 Å². The van der Waals surface area contributed by atoms with Gasteiger partial charge < -0.3 is 19.7 Å². The smallest absolute Gasteiger partial charge is 0.263 e. The monoisotopic (exact) mass is 388 g/mol. The number of aromatic nitrogens is 2. The van der Waals surface area contributed by atoms with E-state index < -0.39 is 5.60 Å². The molecule has 0 aliphatic carbocycles. The van der Waals surface area contributed by atoms with Gasteiger partial charge in [0.15, 0.2) is 5.60 Å². The number of amides is 1. The maximum absolute atomic E-state index is 12.6. The molecule has 1 aromatic heterocycles. The molecule has 1 aromatic carbocycles. The molecule has 0 bridgehead atoms. The van der Waals surface area contributed by atoms with Crippen LogP contribution in [0.2, 0.25) is 0 Å². The zero-order valence-electron chi connectivity index (χ0n) is 17.4. The minimum atomic E-state index is -1.01. The quantitative estimate of drug-likeness (QED) is 0.752. The minimum Gasteiger partial charge on any atom is -0.460 e. The lowest BCUT2D eigenvalue weighted by molar-refractivity contribution is -0.134. The lowest BCUT2D eigenvalue weighted by Gasteiger charge is -2.24. The highest BCUT2D eigenvalue weighted by Gasteiger charge is 2.31. The highest BCUT2D eigenvalue weighted by atomic mass is 16.5. The van der Waals surface area contributed by atoms with Crippen molar-refractivity contribution >= 4 is 16.8 Å². The second kappa shape index (κ2) is 8.92. The predicted octanol–water partition coefficient (Wildman–Crippen LogP) is 2.30. The molecule has 154 valence electrons. The summed E-state index contributed by atoms with van der Waals surface area (Å²) in [6.45, 7) is 7.39. The summed E-state index contributed by atoms with van der Waals surface area (Å²) in [6, 6.07) is 8.03. The van der Waals surface area contributed by atoms with E-state index >= 15 is 0 Å². The van der Waals surface area contributed by atoms with Crippen molar-refractivity contribution in [3.63, 3.8) is 0 Å². The first-order valence-corrected chi connectivity index (χ1v) is 10.0. The number of rotatable bonds is 8.